The van der Waals surface area contributed by atoms with Crippen LogP contribution in [0.2, 0.25) is 0 Å². The summed E-state index contributed by atoms with van der Waals surface area (Å²) < 4.78 is 41.3. The Bertz CT molecular complexity index is 874. The molecule has 128 valence electrons. The Labute approximate surface area is 150 Å². The second kappa shape index (κ2) is 6.24. The van der Waals surface area contributed by atoms with Crippen molar-refractivity contribution in [2.75, 3.05) is 0 Å². The summed E-state index contributed by atoms with van der Waals surface area (Å²) in [6.45, 7) is 0. The van der Waals surface area contributed by atoms with E-state index < -0.39 is 12.1 Å². The highest BCUT2D eigenvalue weighted by Gasteiger charge is 2.43. The van der Waals surface area contributed by atoms with Crippen molar-refractivity contribution in [1.29, 1.82) is 0 Å². The first-order chi connectivity index (χ1) is 12.0. The van der Waals surface area contributed by atoms with Crippen LogP contribution in [0.3, 0.4) is 0 Å². The van der Waals surface area contributed by atoms with Gasteiger partial charge in [0.2, 0.25) is 0 Å². The number of nitrogens with one attached hydrogen (secondary N) is 2. The second-order valence-corrected chi connectivity index (χ2v) is 7.48. The maximum Gasteiger partial charge on any atom is 0.402 e. The van der Waals surface area contributed by atoms with Crippen LogP contribution in [0, 0.1) is 0 Å². The fourth-order valence-corrected chi connectivity index (χ4v) is 4.25. The predicted octanol–water partition coefficient (Wildman–Crippen LogP) is 6.49. The minimum atomic E-state index is -4.39. The minimum absolute atomic E-state index is 0.135. The molecule has 2 nitrogen and oxygen atoms in total. The van der Waals surface area contributed by atoms with E-state index in [2.05, 4.69) is 9.97 Å². The fraction of sp³-hybridized carbons (Fsp3) is 0.111. The van der Waals surface area contributed by atoms with Gasteiger partial charge in [-0.05, 0) is 47.2 Å². The summed E-state index contributed by atoms with van der Waals surface area (Å²) in [4.78, 5) is 7.70. The molecule has 0 unspecified atom stereocenters. The Morgan fingerprint density at radius 1 is 0.720 bits per heavy atom. The zero-order chi connectivity index (χ0) is 17.4. The number of thiophene rings is 2. The number of halogens is 3. The van der Waals surface area contributed by atoms with Gasteiger partial charge >= 0.3 is 6.18 Å². The smallest absolute Gasteiger partial charge is 0.357 e. The van der Waals surface area contributed by atoms with Gasteiger partial charge < -0.3 is 9.97 Å². The van der Waals surface area contributed by atoms with E-state index in [4.69, 9.17) is 0 Å². The third-order valence-corrected chi connectivity index (χ3v) is 5.75. The van der Waals surface area contributed by atoms with Crippen molar-refractivity contribution in [3.8, 4) is 21.1 Å². The summed E-state index contributed by atoms with van der Waals surface area (Å²) in [7, 11) is 0. The molecule has 4 aromatic heterocycles. The summed E-state index contributed by atoms with van der Waals surface area (Å²) in [5.41, 5.74) is 1.67. The fourth-order valence-electron chi connectivity index (χ4n) is 2.83. The number of alkyl halides is 3. The molecule has 0 saturated heterocycles. The van der Waals surface area contributed by atoms with Gasteiger partial charge in [0.1, 0.15) is 5.92 Å². The topological polar surface area (TPSA) is 31.6 Å². The van der Waals surface area contributed by atoms with E-state index in [0.29, 0.717) is 11.4 Å². The summed E-state index contributed by atoms with van der Waals surface area (Å²) in [6.07, 6.45) is -4.39. The molecule has 0 atom stereocenters. The van der Waals surface area contributed by atoms with E-state index in [9.17, 15) is 13.2 Å². The maximum atomic E-state index is 13.8. The lowest BCUT2D eigenvalue weighted by molar-refractivity contribution is -0.142. The summed E-state index contributed by atoms with van der Waals surface area (Å²) in [6, 6.07) is 13.9. The average Bonchev–Trinajstić information content (AvgIpc) is 3.34. The molecule has 0 amide bonds. The van der Waals surface area contributed by atoms with Crippen molar-refractivity contribution in [2.45, 2.75) is 12.1 Å². The van der Waals surface area contributed by atoms with Crippen LogP contribution in [0.4, 0.5) is 13.2 Å². The van der Waals surface area contributed by atoms with Gasteiger partial charge in [0.15, 0.2) is 0 Å². The molecule has 7 heteroatoms. The van der Waals surface area contributed by atoms with E-state index in [1.165, 1.54) is 34.8 Å². The van der Waals surface area contributed by atoms with Crippen molar-refractivity contribution in [1.82, 2.24) is 9.97 Å². The zero-order valence-electron chi connectivity index (χ0n) is 12.8. The van der Waals surface area contributed by atoms with Crippen LogP contribution in [-0.4, -0.2) is 16.1 Å². The number of H-pyrrole nitrogens is 2. The normalized spacial score (nSPS) is 12.2. The highest BCUT2D eigenvalue weighted by molar-refractivity contribution is 7.13. The molecule has 0 aliphatic heterocycles. The van der Waals surface area contributed by atoms with Crippen LogP contribution < -0.4 is 0 Å². The van der Waals surface area contributed by atoms with Crippen LogP contribution in [0.1, 0.15) is 17.3 Å². The number of hydrogen-bond acceptors (Lipinski definition) is 2. The molecule has 0 aromatic carbocycles. The largest absolute Gasteiger partial charge is 0.402 e. The Morgan fingerprint density at radius 2 is 1.20 bits per heavy atom. The van der Waals surface area contributed by atoms with E-state index in [-0.39, 0.29) is 11.4 Å². The van der Waals surface area contributed by atoms with Gasteiger partial charge in [0.05, 0.1) is 21.1 Å². The van der Waals surface area contributed by atoms with E-state index >= 15 is 0 Å². The van der Waals surface area contributed by atoms with Gasteiger partial charge in [-0.15, -0.1) is 22.7 Å². The van der Waals surface area contributed by atoms with Gasteiger partial charge in [-0.2, -0.15) is 13.2 Å². The van der Waals surface area contributed by atoms with E-state index in [1.807, 2.05) is 35.0 Å². The molecule has 2 N–H and O–H groups in total. The van der Waals surface area contributed by atoms with Gasteiger partial charge in [0.25, 0.3) is 0 Å². The van der Waals surface area contributed by atoms with Crippen LogP contribution in [-0.2, 0) is 0 Å². The first kappa shape index (κ1) is 16.2. The minimum Gasteiger partial charge on any atom is -0.357 e. The Kier molecular flexibility index (Phi) is 4.05. The average molecular weight is 378 g/mol. The summed E-state index contributed by atoms with van der Waals surface area (Å²) in [5, 5.41) is 3.80. The lowest BCUT2D eigenvalue weighted by Crippen LogP contribution is -2.22. The molecule has 4 rings (SSSR count). The molecule has 0 aliphatic carbocycles. The molecule has 0 saturated carbocycles. The molecule has 0 aliphatic rings. The summed E-state index contributed by atoms with van der Waals surface area (Å²) in [5.74, 6) is -1.71. The highest BCUT2D eigenvalue weighted by atomic mass is 32.1. The van der Waals surface area contributed by atoms with Gasteiger partial charge in [-0.25, -0.2) is 0 Å². The standard InChI is InChI=1S/C18H13F3N2S2/c19-18(20,21)17(13-7-5-11(22-13)15-3-1-9-24-15)14-8-6-12(23-14)16-4-2-10-25-16/h1-10,17,22-23H. The number of hydrogen-bond donors (Lipinski definition) is 2. The second-order valence-electron chi connectivity index (χ2n) is 5.58. The molecule has 0 radical (unpaired) electrons. The van der Waals surface area contributed by atoms with Crippen LogP contribution in [0.15, 0.2) is 59.3 Å². The van der Waals surface area contributed by atoms with Crippen molar-refractivity contribution in [2.24, 2.45) is 0 Å². The van der Waals surface area contributed by atoms with Gasteiger partial charge in [-0.1, -0.05) is 12.1 Å². The molecular formula is C18H13F3N2S2. The van der Waals surface area contributed by atoms with Crippen LogP contribution in [0.5, 0.6) is 0 Å². The first-order valence-corrected chi connectivity index (χ1v) is 9.30. The van der Waals surface area contributed by atoms with E-state index in [0.717, 1.165) is 9.75 Å². The van der Waals surface area contributed by atoms with E-state index in [1.54, 1.807) is 12.1 Å². The van der Waals surface area contributed by atoms with Gasteiger partial charge in [-0.3, -0.25) is 0 Å². The third-order valence-electron chi connectivity index (χ3n) is 3.94. The molecule has 0 bridgehead atoms. The molecule has 0 fully saturated rings. The van der Waals surface area contributed by atoms with Crippen molar-refractivity contribution in [3.63, 3.8) is 0 Å². The monoisotopic (exact) mass is 378 g/mol. The molecule has 4 aromatic rings. The van der Waals surface area contributed by atoms with Crippen LogP contribution >= 0.6 is 22.7 Å². The molecule has 0 spiro atoms. The predicted molar refractivity (Wildman–Crippen MR) is 96.1 cm³/mol. The van der Waals surface area contributed by atoms with Crippen LogP contribution in [0.25, 0.3) is 21.1 Å². The number of rotatable bonds is 4. The van der Waals surface area contributed by atoms with Crippen molar-refractivity contribution in [3.05, 3.63) is 70.7 Å². The zero-order valence-corrected chi connectivity index (χ0v) is 14.4. The Balaban J connectivity index is 1.72. The number of aromatic amines is 2. The first-order valence-electron chi connectivity index (χ1n) is 7.54. The quantitative estimate of drug-likeness (QED) is 0.406. The highest BCUT2D eigenvalue weighted by Crippen LogP contribution is 2.41. The third kappa shape index (κ3) is 3.17. The summed E-state index contributed by atoms with van der Waals surface area (Å²) >= 11 is 2.98. The van der Waals surface area contributed by atoms with Crippen molar-refractivity contribution >= 4 is 22.7 Å². The lowest BCUT2D eigenvalue weighted by atomic mass is 10.0. The SMILES string of the molecule is FC(F)(F)C(c1ccc(-c2cccs2)[nH]1)c1ccc(-c2cccs2)[nH]1. The number of aromatic nitrogens is 2. The Morgan fingerprint density at radius 3 is 1.56 bits per heavy atom. The molecule has 4 heterocycles. The maximum absolute atomic E-state index is 13.8. The molecule has 25 heavy (non-hydrogen) atoms. The lowest BCUT2D eigenvalue weighted by Gasteiger charge is -2.18. The van der Waals surface area contributed by atoms with Crippen molar-refractivity contribution < 1.29 is 13.2 Å². The van der Waals surface area contributed by atoms with Gasteiger partial charge in [0, 0.05) is 11.4 Å². The molecular weight excluding hydrogens is 365 g/mol. The Hall–Kier alpha value is -2.25.